The molecule has 0 amide bonds. The third-order valence-electron chi connectivity index (χ3n) is 2.50. The summed E-state index contributed by atoms with van der Waals surface area (Å²) in [6, 6.07) is 0. The zero-order valence-corrected chi connectivity index (χ0v) is 13.8. The van der Waals surface area contributed by atoms with E-state index in [-0.39, 0.29) is 12.8 Å². The summed E-state index contributed by atoms with van der Waals surface area (Å²) in [5, 5.41) is 0. The third kappa shape index (κ3) is 11.0. The summed E-state index contributed by atoms with van der Waals surface area (Å²) in [5.74, 6) is -2.49. The molecule has 0 aromatic rings. The summed E-state index contributed by atoms with van der Waals surface area (Å²) in [5.41, 5.74) is 0. The van der Waals surface area contributed by atoms with Gasteiger partial charge < -0.3 is 18.9 Å². The molecular formula is C16H22O8. The van der Waals surface area contributed by atoms with E-state index in [1.165, 1.54) is 13.8 Å². The van der Waals surface area contributed by atoms with Gasteiger partial charge in [-0.05, 0) is 12.8 Å². The monoisotopic (exact) mass is 342 g/mol. The first-order valence-corrected chi connectivity index (χ1v) is 7.33. The third-order valence-corrected chi connectivity index (χ3v) is 2.50. The molecule has 0 aromatic heterocycles. The summed E-state index contributed by atoms with van der Waals surface area (Å²) in [7, 11) is 0. The van der Waals surface area contributed by atoms with Gasteiger partial charge in [0.05, 0.1) is 0 Å². The highest BCUT2D eigenvalue weighted by atomic mass is 16.7. The van der Waals surface area contributed by atoms with Crippen molar-refractivity contribution in [1.29, 1.82) is 0 Å². The molecule has 0 fully saturated rings. The van der Waals surface area contributed by atoms with E-state index in [9.17, 15) is 19.2 Å². The Kier molecular flexibility index (Phi) is 10.6. The zero-order valence-electron chi connectivity index (χ0n) is 13.8. The molecule has 134 valence electrons. The van der Waals surface area contributed by atoms with Crippen molar-refractivity contribution in [2.24, 2.45) is 0 Å². The summed E-state index contributed by atoms with van der Waals surface area (Å²) in [6.45, 7) is 9.25. The highest BCUT2D eigenvalue weighted by Crippen LogP contribution is 2.07. The van der Waals surface area contributed by atoms with Gasteiger partial charge in [-0.1, -0.05) is 13.2 Å². The van der Waals surface area contributed by atoms with Crippen molar-refractivity contribution in [3.8, 4) is 0 Å². The highest BCUT2D eigenvalue weighted by molar-refractivity contribution is 5.81. The van der Waals surface area contributed by atoms with E-state index in [1.807, 2.05) is 0 Å². The fourth-order valence-corrected chi connectivity index (χ4v) is 1.50. The number of carbonyl (C=O) groups excluding carboxylic acids is 4. The highest BCUT2D eigenvalue weighted by Gasteiger charge is 2.14. The SMILES string of the molecule is C=CC(=O)OC(C)OC(=O)CCCCC(=O)OC(C)OC(=O)C=C. The first-order valence-electron chi connectivity index (χ1n) is 7.33. The Labute approximate surface area is 140 Å². The average Bonchev–Trinajstić information content (AvgIpc) is 2.50. The molecule has 0 aliphatic heterocycles. The Morgan fingerprint density at radius 1 is 0.750 bits per heavy atom. The van der Waals surface area contributed by atoms with Crippen molar-refractivity contribution in [2.45, 2.75) is 52.1 Å². The minimum Gasteiger partial charge on any atom is -0.425 e. The number of hydrogen-bond acceptors (Lipinski definition) is 8. The van der Waals surface area contributed by atoms with E-state index < -0.39 is 36.5 Å². The van der Waals surface area contributed by atoms with Crippen LogP contribution in [-0.2, 0) is 38.1 Å². The van der Waals surface area contributed by atoms with Gasteiger partial charge in [0.25, 0.3) is 0 Å². The number of esters is 4. The van der Waals surface area contributed by atoms with Crippen molar-refractivity contribution >= 4 is 23.9 Å². The lowest BCUT2D eigenvalue weighted by Gasteiger charge is -2.13. The van der Waals surface area contributed by atoms with Gasteiger partial charge in [0.1, 0.15) is 0 Å². The predicted octanol–water partition coefficient (Wildman–Crippen LogP) is 1.78. The van der Waals surface area contributed by atoms with Crippen LogP contribution in [0.3, 0.4) is 0 Å². The van der Waals surface area contributed by atoms with Crippen LogP contribution in [0.4, 0.5) is 0 Å². The largest absolute Gasteiger partial charge is 0.425 e. The van der Waals surface area contributed by atoms with Crippen molar-refractivity contribution in [3.05, 3.63) is 25.3 Å². The molecule has 0 aliphatic rings. The molecule has 0 aromatic carbocycles. The molecule has 8 nitrogen and oxygen atoms in total. The number of unbranched alkanes of at least 4 members (excludes halogenated alkanes) is 1. The van der Waals surface area contributed by atoms with Crippen LogP contribution in [0.25, 0.3) is 0 Å². The molecule has 24 heavy (non-hydrogen) atoms. The topological polar surface area (TPSA) is 105 Å². The van der Waals surface area contributed by atoms with E-state index in [2.05, 4.69) is 22.6 Å². The van der Waals surface area contributed by atoms with Gasteiger partial charge in [0, 0.05) is 38.8 Å². The van der Waals surface area contributed by atoms with E-state index in [1.54, 1.807) is 0 Å². The van der Waals surface area contributed by atoms with Crippen LogP contribution in [0.2, 0.25) is 0 Å². The van der Waals surface area contributed by atoms with Gasteiger partial charge in [-0.3, -0.25) is 9.59 Å². The number of hydrogen-bond donors (Lipinski definition) is 0. The van der Waals surface area contributed by atoms with Gasteiger partial charge in [0.15, 0.2) is 0 Å². The van der Waals surface area contributed by atoms with Crippen LogP contribution >= 0.6 is 0 Å². The predicted molar refractivity (Wildman–Crippen MR) is 82.2 cm³/mol. The molecule has 2 unspecified atom stereocenters. The van der Waals surface area contributed by atoms with Crippen LogP contribution in [0.5, 0.6) is 0 Å². The normalized spacial score (nSPS) is 12.2. The molecule has 0 N–H and O–H groups in total. The van der Waals surface area contributed by atoms with E-state index in [4.69, 9.17) is 9.47 Å². The second-order valence-corrected chi connectivity index (χ2v) is 4.60. The molecule has 8 heteroatoms. The summed E-state index contributed by atoms with van der Waals surface area (Å²) < 4.78 is 19.0. The fourth-order valence-electron chi connectivity index (χ4n) is 1.50. The molecule has 0 saturated carbocycles. The number of ether oxygens (including phenoxy) is 4. The standard InChI is InChI=1S/C16H22O8/c1-5-13(17)21-11(3)23-15(19)9-7-8-10-16(20)24-12(4)22-14(18)6-2/h5-6,11-12H,1-2,7-10H2,3-4H3. The maximum absolute atomic E-state index is 11.5. The van der Waals surface area contributed by atoms with Gasteiger partial charge in [-0.2, -0.15) is 0 Å². The zero-order chi connectivity index (χ0) is 18.5. The summed E-state index contributed by atoms with van der Waals surface area (Å²) >= 11 is 0. The van der Waals surface area contributed by atoms with E-state index >= 15 is 0 Å². The Bertz CT molecular complexity index is 438. The molecule has 0 aliphatic carbocycles. The molecule has 0 rings (SSSR count). The Morgan fingerprint density at radius 3 is 1.38 bits per heavy atom. The van der Waals surface area contributed by atoms with Crippen molar-refractivity contribution < 1.29 is 38.1 Å². The molecule has 0 bridgehead atoms. The second kappa shape index (κ2) is 11.9. The minimum atomic E-state index is -1.01. The molecule has 0 radical (unpaired) electrons. The van der Waals surface area contributed by atoms with Crippen molar-refractivity contribution in [2.75, 3.05) is 0 Å². The molecular weight excluding hydrogens is 320 g/mol. The smallest absolute Gasteiger partial charge is 0.333 e. The van der Waals surface area contributed by atoms with E-state index in [0.717, 1.165) is 12.2 Å². The maximum atomic E-state index is 11.5. The quantitative estimate of drug-likeness (QED) is 0.242. The molecule has 2 atom stereocenters. The maximum Gasteiger partial charge on any atom is 0.333 e. The first kappa shape index (κ1) is 21.4. The summed E-state index contributed by atoms with van der Waals surface area (Å²) in [4.78, 5) is 44.7. The minimum absolute atomic E-state index is 0.0598. The lowest BCUT2D eigenvalue weighted by Crippen LogP contribution is -2.21. The van der Waals surface area contributed by atoms with E-state index in [0.29, 0.717) is 12.8 Å². The van der Waals surface area contributed by atoms with Crippen LogP contribution in [0.1, 0.15) is 39.5 Å². The molecule has 0 heterocycles. The van der Waals surface area contributed by atoms with Gasteiger partial charge >= 0.3 is 23.9 Å². The van der Waals surface area contributed by atoms with Crippen molar-refractivity contribution in [1.82, 2.24) is 0 Å². The number of carbonyl (C=O) groups is 4. The number of rotatable bonds is 11. The van der Waals surface area contributed by atoms with Crippen LogP contribution in [-0.4, -0.2) is 36.5 Å². The van der Waals surface area contributed by atoms with Crippen LogP contribution in [0.15, 0.2) is 25.3 Å². The van der Waals surface area contributed by atoms with Crippen molar-refractivity contribution in [3.63, 3.8) is 0 Å². The summed E-state index contributed by atoms with van der Waals surface area (Å²) in [6.07, 6.45) is 0.802. The molecule has 0 spiro atoms. The van der Waals surface area contributed by atoms with Gasteiger partial charge in [-0.25, -0.2) is 9.59 Å². The van der Waals surface area contributed by atoms with Gasteiger partial charge in [0.2, 0.25) is 12.6 Å². The van der Waals surface area contributed by atoms with Crippen LogP contribution < -0.4 is 0 Å². The Balaban J connectivity index is 3.84. The average molecular weight is 342 g/mol. The Morgan fingerprint density at radius 2 is 1.08 bits per heavy atom. The fraction of sp³-hybridized carbons (Fsp3) is 0.500. The lowest BCUT2D eigenvalue weighted by atomic mass is 10.2. The second-order valence-electron chi connectivity index (χ2n) is 4.60. The van der Waals surface area contributed by atoms with Gasteiger partial charge in [-0.15, -0.1) is 0 Å². The first-order chi connectivity index (χ1) is 11.3. The van der Waals surface area contributed by atoms with Crippen LogP contribution in [0, 0.1) is 0 Å². The lowest BCUT2D eigenvalue weighted by molar-refractivity contribution is -0.183. The molecule has 0 saturated heterocycles. The Hall–Kier alpha value is -2.64.